The molecule has 1 N–H and O–H groups in total. The molecule has 0 heterocycles. The fraction of sp³-hybridized carbons (Fsp3) is 0.600. The molecule has 25 heavy (non-hydrogen) atoms. The van der Waals surface area contributed by atoms with Crippen LogP contribution in [0, 0.1) is 11.3 Å². The highest BCUT2D eigenvalue weighted by Gasteiger charge is 2.28. The monoisotopic (exact) mass is 362 g/mol. The fourth-order valence-electron chi connectivity index (χ4n) is 3.09. The Balaban J connectivity index is 1.67. The number of nitrogens with zero attached hydrogens (tertiary/aromatic N) is 1. The normalized spacial score (nSPS) is 17.9. The molecule has 1 aliphatic carbocycles. The first-order chi connectivity index (χ1) is 11.9. The van der Waals surface area contributed by atoms with Crippen molar-refractivity contribution in [1.82, 2.24) is 5.43 Å². The van der Waals surface area contributed by atoms with E-state index in [2.05, 4.69) is 31.3 Å². The minimum Gasteiger partial charge on any atom is -0.497 e. The molecule has 0 spiro atoms. The minimum atomic E-state index is -0.0241. The second-order valence-electron chi connectivity index (χ2n) is 7.69. The quantitative estimate of drug-likeness (QED) is 0.750. The van der Waals surface area contributed by atoms with Gasteiger partial charge in [0.15, 0.2) is 0 Å². The van der Waals surface area contributed by atoms with E-state index < -0.39 is 0 Å². The largest absolute Gasteiger partial charge is 0.497 e. The van der Waals surface area contributed by atoms with Gasteiger partial charge in [0.25, 0.3) is 0 Å². The number of carbonyl (C=O) groups is 1. The van der Waals surface area contributed by atoms with Crippen LogP contribution in [0.2, 0.25) is 0 Å². The molecule has 2 rings (SSSR count). The lowest BCUT2D eigenvalue weighted by Gasteiger charge is -2.34. The Kier molecular flexibility index (Phi) is 7.36. The summed E-state index contributed by atoms with van der Waals surface area (Å²) in [5, 5.41) is 4.34. The van der Waals surface area contributed by atoms with E-state index in [1.54, 1.807) is 18.9 Å². The van der Waals surface area contributed by atoms with Gasteiger partial charge in [-0.15, -0.1) is 11.8 Å². The van der Waals surface area contributed by atoms with Gasteiger partial charge in [0.2, 0.25) is 5.91 Å². The summed E-state index contributed by atoms with van der Waals surface area (Å²) in [7, 11) is 1.66. The zero-order valence-corrected chi connectivity index (χ0v) is 16.6. The van der Waals surface area contributed by atoms with E-state index >= 15 is 0 Å². The van der Waals surface area contributed by atoms with Crippen molar-refractivity contribution >= 4 is 23.4 Å². The van der Waals surface area contributed by atoms with Gasteiger partial charge in [-0.2, -0.15) is 5.10 Å². The van der Waals surface area contributed by atoms with Crippen LogP contribution in [0.1, 0.15) is 52.0 Å². The maximum absolute atomic E-state index is 11.9. The fourth-order valence-corrected chi connectivity index (χ4v) is 3.87. The van der Waals surface area contributed by atoms with Gasteiger partial charge in [-0.3, -0.25) is 4.79 Å². The summed E-state index contributed by atoms with van der Waals surface area (Å²) in [5.74, 6) is 2.81. The molecule has 1 aromatic carbocycles. The first-order valence-electron chi connectivity index (χ1n) is 8.93. The lowest BCUT2D eigenvalue weighted by atomic mass is 9.72. The van der Waals surface area contributed by atoms with E-state index in [0.29, 0.717) is 11.2 Å². The van der Waals surface area contributed by atoms with E-state index in [4.69, 9.17) is 4.74 Å². The summed E-state index contributed by atoms with van der Waals surface area (Å²) in [6.07, 6.45) is 4.34. The lowest BCUT2D eigenvalue weighted by Crippen LogP contribution is -2.28. The van der Waals surface area contributed by atoms with Crippen molar-refractivity contribution < 1.29 is 9.53 Å². The van der Waals surface area contributed by atoms with Crippen molar-refractivity contribution in [3.63, 3.8) is 0 Å². The summed E-state index contributed by atoms with van der Waals surface area (Å²) in [5.41, 5.74) is 5.41. The number of hydrazone groups is 1. The molecule has 1 saturated carbocycles. The summed E-state index contributed by atoms with van der Waals surface area (Å²) in [6, 6.07) is 7.93. The highest BCUT2D eigenvalue weighted by Crippen LogP contribution is 2.36. The lowest BCUT2D eigenvalue weighted by molar-refractivity contribution is -0.118. The SMILES string of the molecule is COc1ccc(CSCC(=O)NN=C2CCC(C(C)(C)C)CC2)cc1. The van der Waals surface area contributed by atoms with E-state index in [1.807, 2.05) is 24.3 Å². The number of nitrogens with one attached hydrogen (secondary N) is 1. The summed E-state index contributed by atoms with van der Waals surface area (Å²) >= 11 is 1.60. The average molecular weight is 363 g/mol. The predicted octanol–water partition coefficient (Wildman–Crippen LogP) is 4.64. The van der Waals surface area contributed by atoms with Crippen molar-refractivity contribution in [2.75, 3.05) is 12.9 Å². The zero-order valence-electron chi connectivity index (χ0n) is 15.8. The summed E-state index contributed by atoms with van der Waals surface area (Å²) in [4.78, 5) is 11.9. The van der Waals surface area contributed by atoms with Crippen LogP contribution in [-0.2, 0) is 10.5 Å². The van der Waals surface area contributed by atoms with Gasteiger partial charge in [-0.05, 0) is 54.7 Å². The van der Waals surface area contributed by atoms with Crippen molar-refractivity contribution in [2.24, 2.45) is 16.4 Å². The first-order valence-corrected chi connectivity index (χ1v) is 10.1. The van der Waals surface area contributed by atoms with Crippen LogP contribution in [0.25, 0.3) is 0 Å². The van der Waals surface area contributed by atoms with Crippen LogP contribution >= 0.6 is 11.8 Å². The average Bonchev–Trinajstić information content (AvgIpc) is 2.60. The van der Waals surface area contributed by atoms with Gasteiger partial charge >= 0.3 is 0 Å². The molecule has 0 atom stereocenters. The summed E-state index contributed by atoms with van der Waals surface area (Å²) < 4.78 is 5.14. The Hall–Kier alpha value is -1.49. The zero-order chi connectivity index (χ0) is 18.3. The molecule has 1 aromatic rings. The van der Waals surface area contributed by atoms with E-state index in [1.165, 1.54) is 18.4 Å². The predicted molar refractivity (Wildman–Crippen MR) is 106 cm³/mol. The Morgan fingerprint density at radius 3 is 2.44 bits per heavy atom. The molecule has 5 heteroatoms. The number of ether oxygens (including phenoxy) is 1. The first kappa shape index (κ1) is 19.8. The van der Waals surface area contributed by atoms with Gasteiger partial charge in [0.05, 0.1) is 12.9 Å². The Labute approximate surface area is 155 Å². The van der Waals surface area contributed by atoms with Crippen molar-refractivity contribution in [2.45, 2.75) is 52.2 Å². The van der Waals surface area contributed by atoms with E-state index in [-0.39, 0.29) is 5.91 Å². The van der Waals surface area contributed by atoms with Crippen LogP contribution < -0.4 is 10.2 Å². The molecule has 1 aliphatic rings. The number of hydrogen-bond donors (Lipinski definition) is 1. The van der Waals surface area contributed by atoms with Gasteiger partial charge < -0.3 is 4.74 Å². The maximum atomic E-state index is 11.9. The van der Waals surface area contributed by atoms with Crippen LogP contribution in [0.15, 0.2) is 29.4 Å². The van der Waals surface area contributed by atoms with Crippen molar-refractivity contribution in [3.8, 4) is 5.75 Å². The minimum absolute atomic E-state index is 0.0241. The summed E-state index contributed by atoms with van der Waals surface area (Å²) in [6.45, 7) is 6.92. The smallest absolute Gasteiger partial charge is 0.250 e. The maximum Gasteiger partial charge on any atom is 0.250 e. The molecule has 0 radical (unpaired) electrons. The van der Waals surface area contributed by atoms with E-state index in [9.17, 15) is 4.79 Å². The van der Waals surface area contributed by atoms with Gasteiger partial charge in [-0.25, -0.2) is 5.43 Å². The molecule has 1 amide bonds. The highest BCUT2D eigenvalue weighted by atomic mass is 32.2. The molecule has 1 fully saturated rings. The third-order valence-corrected chi connectivity index (χ3v) is 5.79. The third kappa shape index (κ3) is 6.73. The Morgan fingerprint density at radius 1 is 1.24 bits per heavy atom. The number of carbonyl (C=O) groups excluding carboxylic acids is 1. The van der Waals surface area contributed by atoms with Crippen molar-refractivity contribution in [1.29, 1.82) is 0 Å². The third-order valence-electron chi connectivity index (χ3n) is 4.79. The second-order valence-corrected chi connectivity index (χ2v) is 8.68. The topological polar surface area (TPSA) is 50.7 Å². The molecule has 4 nitrogen and oxygen atoms in total. The van der Waals surface area contributed by atoms with Crippen LogP contribution in [-0.4, -0.2) is 24.5 Å². The van der Waals surface area contributed by atoms with Crippen LogP contribution in [0.3, 0.4) is 0 Å². The number of methoxy groups -OCH3 is 1. The number of amides is 1. The van der Waals surface area contributed by atoms with E-state index in [0.717, 1.165) is 36.0 Å². The molecule has 138 valence electrons. The Morgan fingerprint density at radius 2 is 1.88 bits per heavy atom. The number of benzene rings is 1. The van der Waals surface area contributed by atoms with Crippen LogP contribution in [0.4, 0.5) is 0 Å². The number of thioether (sulfide) groups is 1. The molecular formula is C20H30N2O2S. The molecule has 0 saturated heterocycles. The Bertz CT molecular complexity index is 581. The van der Waals surface area contributed by atoms with Gasteiger partial charge in [0.1, 0.15) is 5.75 Å². The molecular weight excluding hydrogens is 332 g/mol. The molecule has 0 aliphatic heterocycles. The highest BCUT2D eigenvalue weighted by molar-refractivity contribution is 7.99. The molecule has 0 unspecified atom stereocenters. The van der Waals surface area contributed by atoms with Crippen LogP contribution in [0.5, 0.6) is 5.75 Å². The number of hydrogen-bond acceptors (Lipinski definition) is 4. The standard InChI is InChI=1S/C20H30N2O2S/c1-20(2,3)16-7-9-17(10-8-16)21-22-19(23)14-25-13-15-5-11-18(24-4)12-6-15/h5-6,11-12,16H,7-10,13-14H2,1-4H3,(H,22,23). The number of rotatable bonds is 6. The second kappa shape index (κ2) is 9.27. The molecule has 0 aromatic heterocycles. The molecule has 0 bridgehead atoms. The van der Waals surface area contributed by atoms with Crippen molar-refractivity contribution in [3.05, 3.63) is 29.8 Å². The van der Waals surface area contributed by atoms with Gasteiger partial charge in [-0.1, -0.05) is 32.9 Å². The van der Waals surface area contributed by atoms with Gasteiger partial charge in [0, 0.05) is 11.5 Å².